The first-order chi connectivity index (χ1) is 20.3. The first kappa shape index (κ1) is 30.0. The van der Waals surface area contributed by atoms with Gasteiger partial charge in [-0.05, 0) is 62.1 Å². The summed E-state index contributed by atoms with van der Waals surface area (Å²) in [6.45, 7) is 3.93. The van der Waals surface area contributed by atoms with Gasteiger partial charge in [-0.2, -0.15) is 0 Å². The van der Waals surface area contributed by atoms with Gasteiger partial charge in [-0.3, -0.25) is 9.97 Å². The second-order valence-electron chi connectivity index (χ2n) is 10.8. The van der Waals surface area contributed by atoms with Crippen LogP contribution in [-0.2, 0) is 32.7 Å². The van der Waals surface area contributed by atoms with E-state index in [1.165, 1.54) is 7.11 Å². The second-order valence-corrected chi connectivity index (χ2v) is 10.8. The molecule has 8 heteroatoms. The summed E-state index contributed by atoms with van der Waals surface area (Å²) in [6, 6.07) is 28.0. The number of benzene rings is 2. The zero-order valence-electron chi connectivity index (χ0n) is 24.1. The van der Waals surface area contributed by atoms with Crippen LogP contribution in [0.25, 0.3) is 0 Å². The Morgan fingerprint density at radius 2 is 1.36 bits per heavy atom. The van der Waals surface area contributed by atoms with Gasteiger partial charge in [-0.15, -0.1) is 0 Å². The third-order valence-corrected chi connectivity index (χ3v) is 7.81. The summed E-state index contributed by atoms with van der Waals surface area (Å²) < 4.78 is 17.9. The van der Waals surface area contributed by atoms with Crippen molar-refractivity contribution in [3.8, 4) is 0 Å². The number of methoxy groups -OCH3 is 1. The van der Waals surface area contributed by atoms with E-state index in [2.05, 4.69) is 4.98 Å². The van der Waals surface area contributed by atoms with Crippen LogP contribution in [0.5, 0.6) is 0 Å². The largest absolute Gasteiger partial charge is 0.387 e. The molecule has 2 aromatic carbocycles. The Kier molecular flexibility index (Phi) is 9.43. The molecule has 0 spiro atoms. The summed E-state index contributed by atoms with van der Waals surface area (Å²) in [5.41, 5.74) is 5.25. The summed E-state index contributed by atoms with van der Waals surface area (Å²) in [6.07, 6.45) is -3.12. The standard InChI is InChI=1S/C34H38N2O6/c1-22-10-14-24(15-11-22)34(25-16-12-23(2)13-17-25,41-21-28-30(37)31(38)32(39)33(40-3)42-28)29-9-6-8-27(36-29)19-18-26-7-4-5-20-35-26/h4-17,20,28,30-33,37-39H,18-19,21H2,1-3H3/t28-,30-,31+,32+,33+/m1/s1. The van der Waals surface area contributed by atoms with Crippen molar-refractivity contribution in [2.24, 2.45) is 0 Å². The Labute approximate surface area is 246 Å². The Morgan fingerprint density at radius 1 is 0.738 bits per heavy atom. The van der Waals surface area contributed by atoms with E-state index in [1.54, 1.807) is 6.20 Å². The van der Waals surface area contributed by atoms with Crippen molar-refractivity contribution >= 4 is 0 Å². The molecule has 8 nitrogen and oxygen atoms in total. The Balaban J connectivity index is 1.58. The van der Waals surface area contributed by atoms with Crippen molar-refractivity contribution in [3.63, 3.8) is 0 Å². The lowest BCUT2D eigenvalue weighted by Crippen LogP contribution is -2.59. The minimum atomic E-state index is -1.46. The van der Waals surface area contributed by atoms with Gasteiger partial charge in [0.1, 0.15) is 24.4 Å². The van der Waals surface area contributed by atoms with Crippen LogP contribution in [0.2, 0.25) is 0 Å². The van der Waals surface area contributed by atoms with Crippen molar-refractivity contribution in [2.75, 3.05) is 13.7 Å². The SMILES string of the molecule is CO[C@H]1O[C@H](COC(c2ccc(C)cc2)(c2ccc(C)cc2)c2cccc(CCc3ccccn3)n2)[C@@H](O)[C@H](O)[C@@H]1O. The molecule has 4 aromatic rings. The van der Waals surface area contributed by atoms with Gasteiger partial charge in [0, 0.05) is 24.7 Å². The number of nitrogens with zero attached hydrogens (tertiary/aromatic N) is 2. The number of aliphatic hydroxyl groups is 3. The normalized spacial score (nSPS) is 22.7. The van der Waals surface area contributed by atoms with E-state index < -0.39 is 36.3 Å². The topological polar surface area (TPSA) is 114 Å². The van der Waals surface area contributed by atoms with Crippen molar-refractivity contribution in [1.82, 2.24) is 9.97 Å². The summed E-state index contributed by atoms with van der Waals surface area (Å²) in [5.74, 6) is 0. The minimum absolute atomic E-state index is 0.119. The molecule has 1 fully saturated rings. The van der Waals surface area contributed by atoms with Crippen LogP contribution in [0.15, 0.2) is 91.1 Å². The van der Waals surface area contributed by atoms with Gasteiger partial charge in [0.25, 0.3) is 0 Å². The highest BCUT2D eigenvalue weighted by Crippen LogP contribution is 2.41. The fourth-order valence-corrected chi connectivity index (χ4v) is 5.35. The van der Waals surface area contributed by atoms with Crippen molar-refractivity contribution in [2.45, 2.75) is 63.0 Å². The molecule has 5 atom stereocenters. The molecule has 0 radical (unpaired) electrons. The fourth-order valence-electron chi connectivity index (χ4n) is 5.35. The number of hydrogen-bond acceptors (Lipinski definition) is 8. The van der Waals surface area contributed by atoms with Crippen LogP contribution < -0.4 is 0 Å². The third-order valence-electron chi connectivity index (χ3n) is 7.81. The third kappa shape index (κ3) is 6.29. The molecule has 2 aromatic heterocycles. The highest BCUT2D eigenvalue weighted by molar-refractivity contribution is 5.46. The average Bonchev–Trinajstić information content (AvgIpc) is 3.02. The van der Waals surface area contributed by atoms with Gasteiger partial charge in [-0.25, -0.2) is 0 Å². The van der Waals surface area contributed by atoms with E-state index in [0.29, 0.717) is 12.1 Å². The number of pyridine rings is 2. The van der Waals surface area contributed by atoms with Gasteiger partial charge in [0.05, 0.1) is 12.3 Å². The van der Waals surface area contributed by atoms with E-state index in [1.807, 2.05) is 98.8 Å². The van der Waals surface area contributed by atoms with Crippen molar-refractivity contribution in [1.29, 1.82) is 0 Å². The first-order valence-corrected chi connectivity index (χ1v) is 14.2. The molecule has 220 valence electrons. The summed E-state index contributed by atoms with van der Waals surface area (Å²) in [5, 5.41) is 31.6. The van der Waals surface area contributed by atoms with E-state index in [4.69, 9.17) is 19.2 Å². The first-order valence-electron chi connectivity index (χ1n) is 14.2. The fraction of sp³-hybridized carbons (Fsp3) is 0.353. The maximum atomic E-state index is 10.8. The monoisotopic (exact) mass is 570 g/mol. The lowest BCUT2D eigenvalue weighted by atomic mass is 9.82. The van der Waals surface area contributed by atoms with Crippen LogP contribution in [0, 0.1) is 13.8 Å². The van der Waals surface area contributed by atoms with E-state index >= 15 is 0 Å². The van der Waals surface area contributed by atoms with Crippen LogP contribution in [-0.4, -0.2) is 69.7 Å². The second kappa shape index (κ2) is 13.2. The predicted molar refractivity (Wildman–Crippen MR) is 158 cm³/mol. The number of aliphatic hydroxyl groups excluding tert-OH is 3. The van der Waals surface area contributed by atoms with Gasteiger partial charge in [0.2, 0.25) is 0 Å². The predicted octanol–water partition coefficient (Wildman–Crippen LogP) is 3.64. The zero-order valence-corrected chi connectivity index (χ0v) is 24.1. The molecule has 0 unspecified atom stereocenters. The highest BCUT2D eigenvalue weighted by atomic mass is 16.7. The van der Waals surface area contributed by atoms with Crippen LogP contribution in [0.1, 0.15) is 39.3 Å². The quantitative estimate of drug-likeness (QED) is 0.265. The molecule has 3 heterocycles. The van der Waals surface area contributed by atoms with E-state index in [-0.39, 0.29) is 6.61 Å². The number of rotatable bonds is 10. The molecular weight excluding hydrogens is 532 g/mol. The Bertz CT molecular complexity index is 1380. The van der Waals surface area contributed by atoms with Gasteiger partial charge < -0.3 is 29.5 Å². The number of ether oxygens (including phenoxy) is 3. The van der Waals surface area contributed by atoms with Crippen LogP contribution in [0.4, 0.5) is 0 Å². The molecule has 0 aliphatic carbocycles. The Hall–Kier alpha value is -3.50. The molecule has 0 bridgehead atoms. The molecule has 3 N–H and O–H groups in total. The maximum absolute atomic E-state index is 10.8. The lowest BCUT2D eigenvalue weighted by Gasteiger charge is -2.42. The van der Waals surface area contributed by atoms with Crippen molar-refractivity contribution < 1.29 is 29.5 Å². The smallest absolute Gasteiger partial charge is 0.186 e. The van der Waals surface area contributed by atoms with E-state index in [9.17, 15) is 15.3 Å². The molecule has 42 heavy (non-hydrogen) atoms. The lowest BCUT2D eigenvalue weighted by molar-refractivity contribution is -0.299. The summed E-state index contributed by atoms with van der Waals surface area (Å²) in [7, 11) is 1.37. The molecule has 0 saturated carbocycles. The van der Waals surface area contributed by atoms with Crippen molar-refractivity contribution in [3.05, 3.63) is 130 Å². The average molecular weight is 571 g/mol. The summed E-state index contributed by atoms with van der Waals surface area (Å²) >= 11 is 0. The Morgan fingerprint density at radius 3 is 1.95 bits per heavy atom. The molecule has 5 rings (SSSR count). The summed E-state index contributed by atoms with van der Waals surface area (Å²) in [4.78, 5) is 9.58. The van der Waals surface area contributed by atoms with Gasteiger partial charge in [0.15, 0.2) is 11.9 Å². The molecule has 1 saturated heterocycles. The van der Waals surface area contributed by atoms with Gasteiger partial charge >= 0.3 is 0 Å². The zero-order chi connectivity index (χ0) is 29.7. The number of aromatic nitrogens is 2. The maximum Gasteiger partial charge on any atom is 0.186 e. The molecular formula is C34H38N2O6. The molecule has 0 amide bonds. The highest BCUT2D eigenvalue weighted by Gasteiger charge is 2.46. The van der Waals surface area contributed by atoms with Crippen LogP contribution in [0.3, 0.4) is 0 Å². The molecule has 1 aliphatic heterocycles. The number of aryl methyl sites for hydroxylation is 4. The number of hydrogen-bond donors (Lipinski definition) is 3. The molecule has 1 aliphatic rings. The van der Waals surface area contributed by atoms with Gasteiger partial charge in [-0.1, -0.05) is 71.8 Å². The van der Waals surface area contributed by atoms with Crippen LogP contribution >= 0.6 is 0 Å². The van der Waals surface area contributed by atoms with E-state index in [0.717, 1.165) is 40.1 Å². The minimum Gasteiger partial charge on any atom is -0.387 e.